The van der Waals surface area contributed by atoms with Crippen LogP contribution in [0, 0.1) is 22.4 Å². The first kappa shape index (κ1) is 13.8. The van der Waals surface area contributed by atoms with E-state index in [0.717, 1.165) is 29.4 Å². The monoisotopic (exact) mass is 292 g/mol. The van der Waals surface area contributed by atoms with Gasteiger partial charge >= 0.3 is 0 Å². The van der Waals surface area contributed by atoms with Crippen LogP contribution in [0.5, 0.6) is 0 Å². The van der Waals surface area contributed by atoms with Gasteiger partial charge in [-0.1, -0.05) is 32.6 Å². The number of aryl methyl sites for hydroxylation is 1. The minimum Gasteiger partial charge on any atom is -0.330 e. The molecule has 20 heavy (non-hydrogen) atoms. The number of benzene rings is 1. The Morgan fingerprint density at radius 2 is 2.05 bits per heavy atom. The van der Waals surface area contributed by atoms with E-state index in [0.29, 0.717) is 4.77 Å². The third kappa shape index (κ3) is 2.80. The molecule has 2 aromatic rings. The van der Waals surface area contributed by atoms with Gasteiger partial charge in [-0.2, -0.15) is 0 Å². The van der Waals surface area contributed by atoms with Crippen LogP contribution in [0.4, 0.5) is 4.39 Å². The van der Waals surface area contributed by atoms with Gasteiger partial charge in [-0.05, 0) is 48.7 Å². The predicted octanol–water partition coefficient (Wildman–Crippen LogP) is 5.05. The highest BCUT2D eigenvalue weighted by Gasteiger charge is 2.18. The topological polar surface area (TPSA) is 20.7 Å². The molecule has 0 aliphatic heterocycles. The number of aromatic amines is 1. The number of H-pyrrole nitrogens is 1. The molecule has 1 aliphatic rings. The van der Waals surface area contributed by atoms with Gasteiger partial charge in [-0.3, -0.25) is 0 Å². The third-order valence-corrected chi connectivity index (χ3v) is 4.95. The predicted molar refractivity (Wildman–Crippen MR) is 82.8 cm³/mol. The Bertz CT molecular complexity index is 650. The molecule has 0 spiro atoms. The van der Waals surface area contributed by atoms with E-state index in [1.165, 1.54) is 44.2 Å². The maximum Gasteiger partial charge on any atom is 0.178 e. The summed E-state index contributed by atoms with van der Waals surface area (Å²) in [6.45, 7) is 3.28. The van der Waals surface area contributed by atoms with Crippen molar-refractivity contribution in [2.24, 2.45) is 11.8 Å². The molecule has 0 atom stereocenters. The Morgan fingerprint density at radius 3 is 2.80 bits per heavy atom. The molecule has 108 valence electrons. The van der Waals surface area contributed by atoms with Crippen molar-refractivity contribution < 1.29 is 4.39 Å². The minimum atomic E-state index is -0.220. The smallest absolute Gasteiger partial charge is 0.178 e. The molecule has 0 unspecified atom stereocenters. The van der Waals surface area contributed by atoms with Crippen molar-refractivity contribution in [2.45, 2.75) is 45.6 Å². The van der Waals surface area contributed by atoms with Crippen molar-refractivity contribution in [3.05, 3.63) is 28.8 Å². The summed E-state index contributed by atoms with van der Waals surface area (Å²) in [6.07, 6.45) is 6.56. The van der Waals surface area contributed by atoms with E-state index in [1.54, 1.807) is 0 Å². The molecule has 1 saturated carbocycles. The highest BCUT2D eigenvalue weighted by atomic mass is 32.1. The van der Waals surface area contributed by atoms with Crippen LogP contribution in [0.3, 0.4) is 0 Å². The maximum atomic E-state index is 13.2. The zero-order valence-electron chi connectivity index (χ0n) is 11.9. The van der Waals surface area contributed by atoms with Crippen LogP contribution in [0.1, 0.15) is 39.0 Å². The van der Waals surface area contributed by atoms with Gasteiger partial charge in [0.2, 0.25) is 0 Å². The lowest BCUT2D eigenvalue weighted by Gasteiger charge is -2.26. The average Bonchev–Trinajstić information content (AvgIpc) is 2.73. The first-order valence-corrected chi connectivity index (χ1v) is 7.92. The molecule has 4 heteroatoms. The van der Waals surface area contributed by atoms with Crippen LogP contribution in [-0.2, 0) is 6.54 Å². The second kappa shape index (κ2) is 5.68. The minimum absolute atomic E-state index is 0.220. The molecule has 0 radical (unpaired) electrons. The number of nitrogens with zero attached hydrogens (tertiary/aromatic N) is 1. The van der Waals surface area contributed by atoms with Gasteiger partial charge in [0.1, 0.15) is 5.82 Å². The summed E-state index contributed by atoms with van der Waals surface area (Å²) in [7, 11) is 0. The fourth-order valence-electron chi connectivity index (χ4n) is 3.29. The van der Waals surface area contributed by atoms with Crippen molar-refractivity contribution >= 4 is 23.3 Å². The van der Waals surface area contributed by atoms with Gasteiger partial charge in [0.05, 0.1) is 11.0 Å². The van der Waals surface area contributed by atoms with Gasteiger partial charge in [-0.15, -0.1) is 0 Å². The summed E-state index contributed by atoms with van der Waals surface area (Å²) in [4.78, 5) is 3.10. The SMILES string of the molecule is CC1CCC(CCn2c(=S)[nH]c3cc(F)ccc32)CC1. The standard InChI is InChI=1S/C16H21FN2S/c1-11-2-4-12(5-3-11)8-9-19-15-7-6-13(17)10-14(15)18-16(19)20/h6-7,10-12H,2-5,8-9H2,1H3,(H,18,20). The fourth-order valence-corrected chi connectivity index (χ4v) is 3.59. The summed E-state index contributed by atoms with van der Waals surface area (Å²) in [6, 6.07) is 4.84. The molecule has 3 rings (SSSR count). The van der Waals surface area contributed by atoms with Gasteiger partial charge in [-0.25, -0.2) is 4.39 Å². The third-order valence-electron chi connectivity index (χ3n) is 4.63. The van der Waals surface area contributed by atoms with Crippen LogP contribution in [0.15, 0.2) is 18.2 Å². The van der Waals surface area contributed by atoms with Crippen LogP contribution in [-0.4, -0.2) is 9.55 Å². The molecule has 1 fully saturated rings. The lowest BCUT2D eigenvalue weighted by Crippen LogP contribution is -2.14. The number of halogens is 1. The Hall–Kier alpha value is -1.16. The van der Waals surface area contributed by atoms with Crippen molar-refractivity contribution in [3.63, 3.8) is 0 Å². The second-order valence-electron chi connectivity index (χ2n) is 6.16. The zero-order valence-corrected chi connectivity index (χ0v) is 12.7. The Morgan fingerprint density at radius 1 is 1.30 bits per heavy atom. The van der Waals surface area contributed by atoms with Gasteiger partial charge in [0.25, 0.3) is 0 Å². The number of hydrogen-bond donors (Lipinski definition) is 1. The van der Waals surface area contributed by atoms with Gasteiger partial charge < -0.3 is 9.55 Å². The van der Waals surface area contributed by atoms with E-state index in [2.05, 4.69) is 16.5 Å². The molecular weight excluding hydrogens is 271 g/mol. The fraction of sp³-hybridized carbons (Fsp3) is 0.562. The summed E-state index contributed by atoms with van der Waals surface area (Å²) in [5, 5.41) is 0. The van der Waals surface area contributed by atoms with E-state index < -0.39 is 0 Å². The van der Waals surface area contributed by atoms with Crippen molar-refractivity contribution in [2.75, 3.05) is 0 Å². The van der Waals surface area contributed by atoms with Crippen LogP contribution in [0.25, 0.3) is 11.0 Å². The van der Waals surface area contributed by atoms with E-state index in [-0.39, 0.29) is 5.82 Å². The summed E-state index contributed by atoms with van der Waals surface area (Å²) in [5.74, 6) is 1.49. The molecule has 1 N–H and O–H groups in total. The molecule has 1 aromatic carbocycles. The van der Waals surface area contributed by atoms with Crippen LogP contribution in [0.2, 0.25) is 0 Å². The lowest BCUT2D eigenvalue weighted by atomic mass is 9.81. The number of imidazole rings is 1. The van der Waals surface area contributed by atoms with Gasteiger partial charge in [0.15, 0.2) is 4.77 Å². The van der Waals surface area contributed by atoms with E-state index in [1.807, 2.05) is 6.07 Å². The largest absolute Gasteiger partial charge is 0.330 e. The Balaban J connectivity index is 1.74. The summed E-state index contributed by atoms with van der Waals surface area (Å²) < 4.78 is 16.0. The van der Waals surface area contributed by atoms with E-state index >= 15 is 0 Å². The molecular formula is C16H21FN2S. The van der Waals surface area contributed by atoms with E-state index in [4.69, 9.17) is 12.2 Å². The van der Waals surface area contributed by atoms with Gasteiger partial charge in [0, 0.05) is 6.54 Å². The molecule has 1 aromatic heterocycles. The molecule has 1 aliphatic carbocycles. The van der Waals surface area contributed by atoms with E-state index in [9.17, 15) is 4.39 Å². The van der Waals surface area contributed by atoms with Crippen molar-refractivity contribution in [3.8, 4) is 0 Å². The quantitative estimate of drug-likeness (QED) is 0.785. The number of aromatic nitrogens is 2. The normalized spacial score (nSPS) is 23.3. The highest BCUT2D eigenvalue weighted by Crippen LogP contribution is 2.31. The highest BCUT2D eigenvalue weighted by molar-refractivity contribution is 7.71. The maximum absolute atomic E-state index is 13.2. The summed E-state index contributed by atoms with van der Waals surface area (Å²) in [5.41, 5.74) is 1.81. The first-order valence-electron chi connectivity index (χ1n) is 7.51. The average molecular weight is 292 g/mol. The van der Waals surface area contributed by atoms with Crippen LogP contribution >= 0.6 is 12.2 Å². The Kier molecular flexibility index (Phi) is 3.92. The van der Waals surface area contributed by atoms with Crippen molar-refractivity contribution in [1.29, 1.82) is 0 Å². The molecule has 0 amide bonds. The zero-order chi connectivity index (χ0) is 14.1. The Labute approximate surface area is 124 Å². The summed E-state index contributed by atoms with van der Waals surface area (Å²) >= 11 is 5.37. The van der Waals surface area contributed by atoms with Crippen LogP contribution < -0.4 is 0 Å². The number of fused-ring (bicyclic) bond motifs is 1. The number of hydrogen-bond acceptors (Lipinski definition) is 1. The number of rotatable bonds is 3. The lowest BCUT2D eigenvalue weighted by molar-refractivity contribution is 0.269. The molecule has 1 heterocycles. The van der Waals surface area contributed by atoms with Crippen molar-refractivity contribution in [1.82, 2.24) is 9.55 Å². The molecule has 0 bridgehead atoms. The second-order valence-corrected chi connectivity index (χ2v) is 6.54. The molecule has 2 nitrogen and oxygen atoms in total. The molecule has 0 saturated heterocycles. The number of nitrogens with one attached hydrogen (secondary N) is 1. The first-order chi connectivity index (χ1) is 9.63.